The second kappa shape index (κ2) is 3.89. The quantitative estimate of drug-likeness (QED) is 0.766. The molecular formula is C9H10O4. The van der Waals surface area contributed by atoms with E-state index in [1.54, 1.807) is 6.07 Å². The maximum atomic E-state index is 10.6. The monoisotopic (exact) mass is 182 g/mol. The fraction of sp³-hybridized carbons (Fsp3) is 0.333. The molecule has 0 atom stereocenters. The summed E-state index contributed by atoms with van der Waals surface area (Å²) in [6.07, 6.45) is 0.842. The van der Waals surface area contributed by atoms with Gasteiger partial charge in [0.25, 0.3) is 0 Å². The lowest BCUT2D eigenvalue weighted by atomic mass is 10.2. The smallest absolute Gasteiger partial charge is 0.371 e. The van der Waals surface area contributed by atoms with Crippen LogP contribution in [0.5, 0.6) is 0 Å². The molecule has 1 aromatic rings. The Hall–Kier alpha value is -1.58. The zero-order valence-corrected chi connectivity index (χ0v) is 7.24. The molecule has 0 saturated heterocycles. The average Bonchev–Trinajstić information content (AvgIpc) is 2.48. The molecule has 0 aliphatic rings. The first-order valence-corrected chi connectivity index (χ1v) is 3.91. The molecule has 4 heteroatoms. The lowest BCUT2D eigenvalue weighted by molar-refractivity contribution is -0.117. The number of carbonyl (C=O) groups is 2. The zero-order valence-electron chi connectivity index (χ0n) is 7.24. The summed E-state index contributed by atoms with van der Waals surface area (Å²) in [5.74, 6) is -0.575. The van der Waals surface area contributed by atoms with Gasteiger partial charge in [0.05, 0.1) is 0 Å². The molecule has 4 nitrogen and oxygen atoms in total. The number of aryl methyl sites for hydroxylation is 1. The zero-order chi connectivity index (χ0) is 9.84. The molecule has 1 rings (SSSR count). The highest BCUT2D eigenvalue weighted by Gasteiger charge is 2.08. The summed E-state index contributed by atoms with van der Waals surface area (Å²) in [5.41, 5.74) is 0. The van der Waals surface area contributed by atoms with Gasteiger partial charge >= 0.3 is 5.97 Å². The molecule has 0 radical (unpaired) electrons. The number of carbonyl (C=O) groups excluding carboxylic acids is 1. The molecular weight excluding hydrogens is 172 g/mol. The molecule has 0 spiro atoms. The van der Waals surface area contributed by atoms with Gasteiger partial charge in [0.2, 0.25) is 5.76 Å². The van der Waals surface area contributed by atoms with Crippen LogP contribution in [-0.2, 0) is 11.2 Å². The van der Waals surface area contributed by atoms with Crippen LogP contribution in [-0.4, -0.2) is 16.9 Å². The number of carboxylic acid groups (broad SMARTS) is 1. The van der Waals surface area contributed by atoms with Crippen LogP contribution in [0.3, 0.4) is 0 Å². The van der Waals surface area contributed by atoms with Crippen molar-refractivity contribution in [2.75, 3.05) is 0 Å². The summed E-state index contributed by atoms with van der Waals surface area (Å²) < 4.78 is 4.94. The molecule has 0 unspecified atom stereocenters. The molecule has 1 N–H and O–H groups in total. The van der Waals surface area contributed by atoms with E-state index in [0.717, 1.165) is 0 Å². The normalized spacial score (nSPS) is 9.92. The summed E-state index contributed by atoms with van der Waals surface area (Å²) in [6.45, 7) is 1.49. The van der Waals surface area contributed by atoms with E-state index >= 15 is 0 Å². The summed E-state index contributed by atoms with van der Waals surface area (Å²) in [7, 11) is 0. The van der Waals surface area contributed by atoms with Crippen molar-refractivity contribution in [1.82, 2.24) is 0 Å². The molecule has 70 valence electrons. The van der Waals surface area contributed by atoms with E-state index in [-0.39, 0.29) is 11.5 Å². The van der Waals surface area contributed by atoms with Crippen LogP contribution in [0.1, 0.15) is 29.7 Å². The Morgan fingerprint density at radius 1 is 1.46 bits per heavy atom. The van der Waals surface area contributed by atoms with Crippen molar-refractivity contribution in [3.63, 3.8) is 0 Å². The highest BCUT2D eigenvalue weighted by Crippen LogP contribution is 2.09. The van der Waals surface area contributed by atoms with Gasteiger partial charge in [-0.2, -0.15) is 0 Å². The highest BCUT2D eigenvalue weighted by molar-refractivity contribution is 5.84. The predicted molar refractivity (Wildman–Crippen MR) is 44.7 cm³/mol. The minimum absolute atomic E-state index is 0.0632. The van der Waals surface area contributed by atoms with E-state index in [0.29, 0.717) is 18.6 Å². The van der Waals surface area contributed by atoms with Crippen LogP contribution in [0.25, 0.3) is 0 Å². The van der Waals surface area contributed by atoms with Crippen LogP contribution in [0, 0.1) is 0 Å². The number of furan rings is 1. The van der Waals surface area contributed by atoms with Gasteiger partial charge in [0, 0.05) is 12.8 Å². The Kier molecular flexibility index (Phi) is 2.84. The van der Waals surface area contributed by atoms with Gasteiger partial charge in [-0.3, -0.25) is 0 Å². The molecule has 13 heavy (non-hydrogen) atoms. The van der Waals surface area contributed by atoms with E-state index in [4.69, 9.17) is 9.52 Å². The molecule has 1 aromatic heterocycles. The number of hydrogen-bond acceptors (Lipinski definition) is 3. The number of Topliss-reactive ketones (excluding diaryl/α,β-unsaturated/α-hetero) is 1. The summed E-state index contributed by atoms with van der Waals surface area (Å²) >= 11 is 0. The first-order valence-electron chi connectivity index (χ1n) is 3.91. The number of hydrogen-bond donors (Lipinski definition) is 1. The minimum atomic E-state index is -1.09. The molecule has 0 fully saturated rings. The lowest BCUT2D eigenvalue weighted by Gasteiger charge is -1.92. The van der Waals surface area contributed by atoms with Crippen LogP contribution in [0.15, 0.2) is 16.5 Å². The largest absolute Gasteiger partial charge is 0.475 e. The van der Waals surface area contributed by atoms with E-state index in [1.807, 2.05) is 0 Å². The summed E-state index contributed by atoms with van der Waals surface area (Å²) in [6, 6.07) is 2.96. The molecule has 0 aliphatic carbocycles. The lowest BCUT2D eigenvalue weighted by Crippen LogP contribution is -1.94. The van der Waals surface area contributed by atoms with Crippen molar-refractivity contribution in [2.45, 2.75) is 19.8 Å². The van der Waals surface area contributed by atoms with Crippen LogP contribution in [0.4, 0.5) is 0 Å². The van der Waals surface area contributed by atoms with Gasteiger partial charge in [-0.15, -0.1) is 0 Å². The van der Waals surface area contributed by atoms with Crippen LogP contribution < -0.4 is 0 Å². The van der Waals surface area contributed by atoms with Crippen molar-refractivity contribution < 1.29 is 19.1 Å². The minimum Gasteiger partial charge on any atom is -0.475 e. The first-order chi connectivity index (χ1) is 6.09. The second-order valence-electron chi connectivity index (χ2n) is 2.77. The van der Waals surface area contributed by atoms with Gasteiger partial charge in [0.1, 0.15) is 11.5 Å². The number of aromatic carboxylic acids is 1. The van der Waals surface area contributed by atoms with Crippen LogP contribution >= 0.6 is 0 Å². The second-order valence-corrected chi connectivity index (χ2v) is 2.77. The standard InChI is InChI=1S/C9H10O4/c1-6(10)2-3-7-4-5-8(13-7)9(11)12/h4-5H,2-3H2,1H3,(H,11,12). The van der Waals surface area contributed by atoms with Crippen molar-refractivity contribution >= 4 is 11.8 Å². The molecule has 0 amide bonds. The molecule has 1 heterocycles. The van der Waals surface area contributed by atoms with Crippen molar-refractivity contribution in [3.05, 3.63) is 23.7 Å². The maximum Gasteiger partial charge on any atom is 0.371 e. The molecule has 0 aliphatic heterocycles. The molecule has 0 bridgehead atoms. The Bertz CT molecular complexity index is 324. The third kappa shape index (κ3) is 2.74. The predicted octanol–water partition coefficient (Wildman–Crippen LogP) is 1.50. The molecule has 0 saturated carbocycles. The van der Waals surface area contributed by atoms with Gasteiger partial charge in [-0.1, -0.05) is 0 Å². The Labute approximate surface area is 75.2 Å². The Morgan fingerprint density at radius 2 is 2.15 bits per heavy atom. The first kappa shape index (κ1) is 9.51. The van der Waals surface area contributed by atoms with Gasteiger partial charge in [0.15, 0.2) is 0 Å². The number of carboxylic acids is 1. The van der Waals surface area contributed by atoms with Crippen LogP contribution in [0.2, 0.25) is 0 Å². The fourth-order valence-electron chi connectivity index (χ4n) is 0.926. The Morgan fingerprint density at radius 3 is 2.62 bits per heavy atom. The van der Waals surface area contributed by atoms with E-state index in [1.165, 1.54) is 13.0 Å². The highest BCUT2D eigenvalue weighted by atomic mass is 16.4. The third-order valence-electron chi connectivity index (χ3n) is 1.60. The van der Waals surface area contributed by atoms with E-state index in [9.17, 15) is 9.59 Å². The van der Waals surface area contributed by atoms with Gasteiger partial charge in [-0.05, 0) is 19.1 Å². The summed E-state index contributed by atoms with van der Waals surface area (Å²) in [4.78, 5) is 21.0. The third-order valence-corrected chi connectivity index (χ3v) is 1.60. The number of rotatable bonds is 4. The molecule has 0 aromatic carbocycles. The fourth-order valence-corrected chi connectivity index (χ4v) is 0.926. The SMILES string of the molecule is CC(=O)CCc1ccc(C(=O)O)o1. The van der Waals surface area contributed by atoms with Gasteiger partial charge < -0.3 is 14.3 Å². The van der Waals surface area contributed by atoms with E-state index in [2.05, 4.69) is 0 Å². The van der Waals surface area contributed by atoms with Crippen molar-refractivity contribution in [3.8, 4) is 0 Å². The average molecular weight is 182 g/mol. The summed E-state index contributed by atoms with van der Waals surface area (Å²) in [5, 5.41) is 8.51. The Balaban J connectivity index is 2.59. The van der Waals surface area contributed by atoms with Gasteiger partial charge in [-0.25, -0.2) is 4.79 Å². The van der Waals surface area contributed by atoms with Crippen molar-refractivity contribution in [1.29, 1.82) is 0 Å². The topological polar surface area (TPSA) is 67.5 Å². The number of ketones is 1. The van der Waals surface area contributed by atoms with E-state index < -0.39 is 5.97 Å². The maximum absolute atomic E-state index is 10.6. The van der Waals surface area contributed by atoms with Crippen molar-refractivity contribution in [2.24, 2.45) is 0 Å².